The van der Waals surface area contributed by atoms with E-state index in [1.807, 2.05) is 0 Å². The number of rotatable bonds is 6. The van der Waals surface area contributed by atoms with Crippen molar-refractivity contribution in [2.24, 2.45) is 0 Å². The second-order valence-corrected chi connectivity index (χ2v) is 7.29. The summed E-state index contributed by atoms with van der Waals surface area (Å²) >= 11 is 5.95. The third-order valence-electron chi connectivity index (χ3n) is 3.72. The summed E-state index contributed by atoms with van der Waals surface area (Å²) in [6.45, 7) is -0.938. The number of ketones is 1. The Kier molecular flexibility index (Phi) is 5.90. The van der Waals surface area contributed by atoms with Crippen molar-refractivity contribution in [3.8, 4) is 11.5 Å². The molecule has 154 valence electrons. The summed E-state index contributed by atoms with van der Waals surface area (Å²) in [4.78, 5) is 27.3. The van der Waals surface area contributed by atoms with Crippen LogP contribution in [0, 0.1) is 0 Å². The lowest BCUT2D eigenvalue weighted by Crippen LogP contribution is -2.25. The molecule has 0 aromatic carbocycles. The van der Waals surface area contributed by atoms with Gasteiger partial charge in [-0.2, -0.15) is 13.2 Å². The van der Waals surface area contributed by atoms with Crippen LogP contribution in [-0.4, -0.2) is 21.8 Å². The van der Waals surface area contributed by atoms with Crippen LogP contribution in [0.1, 0.15) is 20.1 Å². The lowest BCUT2D eigenvalue weighted by atomic mass is 10.1. The van der Waals surface area contributed by atoms with Crippen LogP contribution in [0.4, 0.5) is 22.0 Å². The minimum absolute atomic E-state index is 0.112. The molecule has 0 atom stereocenters. The molecule has 0 amide bonds. The summed E-state index contributed by atoms with van der Waals surface area (Å²) in [6, 6.07) is 1.87. The molecular weight excluding hydrogens is 443 g/mol. The van der Waals surface area contributed by atoms with Crippen LogP contribution in [0.5, 0.6) is 0 Å². The van der Waals surface area contributed by atoms with Gasteiger partial charge in [0.2, 0.25) is 5.89 Å². The molecule has 29 heavy (non-hydrogen) atoms. The van der Waals surface area contributed by atoms with Crippen LogP contribution < -0.4 is 5.56 Å². The number of hydrogen-bond acceptors (Lipinski definition) is 5. The Morgan fingerprint density at radius 3 is 2.59 bits per heavy atom. The summed E-state index contributed by atoms with van der Waals surface area (Å²) < 4.78 is 69.8. The topological polar surface area (TPSA) is 65.1 Å². The fourth-order valence-electron chi connectivity index (χ4n) is 2.55. The van der Waals surface area contributed by atoms with Crippen LogP contribution in [0.25, 0.3) is 11.5 Å². The highest BCUT2D eigenvalue weighted by Gasteiger charge is 2.34. The smallest absolute Gasteiger partial charge is 0.425 e. The predicted octanol–water partition coefficient (Wildman–Crippen LogP) is 4.93. The van der Waals surface area contributed by atoms with Crippen LogP contribution in [0.2, 0.25) is 5.02 Å². The van der Waals surface area contributed by atoms with Crippen LogP contribution in [0.15, 0.2) is 40.0 Å². The summed E-state index contributed by atoms with van der Waals surface area (Å²) in [5.41, 5.74) is -0.854. The Morgan fingerprint density at radius 2 is 2.03 bits per heavy atom. The van der Waals surface area contributed by atoms with E-state index in [9.17, 15) is 31.5 Å². The third kappa shape index (κ3) is 4.73. The average molecular weight is 453 g/mol. The number of Topliss-reactive ketones (excluding diaryl/α,β-unsaturated/α-hetero) is 1. The van der Waals surface area contributed by atoms with Gasteiger partial charge in [-0.25, -0.2) is 13.8 Å². The van der Waals surface area contributed by atoms with Gasteiger partial charge >= 0.3 is 6.18 Å². The highest BCUT2D eigenvalue weighted by atomic mass is 35.5. The number of carbonyl (C=O) groups excluding carboxylic acids is 1. The zero-order valence-corrected chi connectivity index (χ0v) is 15.7. The van der Waals surface area contributed by atoms with E-state index in [0.29, 0.717) is 10.6 Å². The molecule has 0 unspecified atom stereocenters. The SMILES string of the molecule is O=C(Cc1cc(-c2ncco2)c(=O)n(CC(F)F)c1)c1sc(C(F)(F)F)cc1Cl. The van der Waals surface area contributed by atoms with Gasteiger partial charge in [0, 0.05) is 12.6 Å². The van der Waals surface area contributed by atoms with E-state index in [1.165, 1.54) is 18.5 Å². The van der Waals surface area contributed by atoms with Crippen molar-refractivity contribution >= 4 is 28.7 Å². The molecule has 0 N–H and O–H groups in total. The van der Waals surface area contributed by atoms with Crippen LogP contribution in [0.3, 0.4) is 0 Å². The van der Waals surface area contributed by atoms with Crippen LogP contribution in [-0.2, 0) is 19.1 Å². The number of oxazole rings is 1. The van der Waals surface area contributed by atoms with Crippen molar-refractivity contribution in [1.82, 2.24) is 9.55 Å². The van der Waals surface area contributed by atoms with Crippen LogP contribution >= 0.6 is 22.9 Å². The molecule has 3 heterocycles. The summed E-state index contributed by atoms with van der Waals surface area (Å²) in [7, 11) is 0. The Balaban J connectivity index is 1.98. The first-order chi connectivity index (χ1) is 13.6. The number of aromatic nitrogens is 2. The van der Waals surface area contributed by atoms with Crippen molar-refractivity contribution in [1.29, 1.82) is 0 Å². The molecule has 0 aliphatic carbocycles. The van der Waals surface area contributed by atoms with Crippen molar-refractivity contribution < 1.29 is 31.2 Å². The van der Waals surface area contributed by atoms with E-state index < -0.39 is 41.8 Å². The fraction of sp³-hybridized carbons (Fsp3) is 0.235. The standard InChI is InChI=1S/C17H10ClF5N2O3S/c18-10-5-12(17(21,22)23)29-14(10)11(26)4-8-3-9(15-24-1-2-28-15)16(27)25(6-8)7-13(19)20/h1-3,5-6,13H,4,7H2. The van der Waals surface area contributed by atoms with Gasteiger partial charge in [-0.3, -0.25) is 9.59 Å². The molecule has 0 aliphatic heterocycles. The van der Waals surface area contributed by atoms with Crippen molar-refractivity contribution in [3.05, 3.63) is 61.5 Å². The maximum absolute atomic E-state index is 12.8. The van der Waals surface area contributed by atoms with Gasteiger partial charge in [-0.05, 0) is 17.7 Å². The Bertz CT molecular complexity index is 1090. The van der Waals surface area contributed by atoms with Gasteiger partial charge in [0.15, 0.2) is 5.78 Å². The van der Waals surface area contributed by atoms with Crippen molar-refractivity contribution in [3.63, 3.8) is 0 Å². The molecule has 3 rings (SSSR count). The van der Waals surface area contributed by atoms with Gasteiger partial charge in [0.1, 0.15) is 16.7 Å². The Labute approximate surface area is 168 Å². The molecule has 5 nitrogen and oxygen atoms in total. The first kappa shape index (κ1) is 21.2. The van der Waals surface area contributed by atoms with Gasteiger partial charge in [-0.15, -0.1) is 11.3 Å². The van der Waals surface area contributed by atoms with E-state index >= 15 is 0 Å². The maximum atomic E-state index is 12.8. The number of carbonyl (C=O) groups is 1. The molecule has 0 aliphatic rings. The maximum Gasteiger partial charge on any atom is 0.425 e. The van der Waals surface area contributed by atoms with Gasteiger partial charge < -0.3 is 8.98 Å². The second kappa shape index (κ2) is 8.07. The molecule has 0 saturated carbocycles. The fourth-order valence-corrected chi connectivity index (χ4v) is 3.80. The highest BCUT2D eigenvalue weighted by Crippen LogP contribution is 2.39. The molecule has 12 heteroatoms. The first-order valence-electron chi connectivity index (χ1n) is 7.87. The minimum atomic E-state index is -4.66. The molecule has 0 bridgehead atoms. The first-order valence-corrected chi connectivity index (χ1v) is 9.07. The number of pyridine rings is 1. The van der Waals surface area contributed by atoms with Crippen molar-refractivity contribution in [2.45, 2.75) is 25.6 Å². The zero-order chi connectivity index (χ0) is 21.3. The van der Waals surface area contributed by atoms with E-state index in [-0.39, 0.29) is 38.3 Å². The summed E-state index contributed by atoms with van der Waals surface area (Å²) in [6.07, 6.45) is -4.51. The Morgan fingerprint density at radius 1 is 1.31 bits per heavy atom. The average Bonchev–Trinajstić information content (AvgIpc) is 3.26. The summed E-state index contributed by atoms with van der Waals surface area (Å²) in [5.74, 6) is -0.892. The van der Waals surface area contributed by atoms with E-state index in [0.717, 1.165) is 6.20 Å². The quantitative estimate of drug-likeness (QED) is 0.393. The zero-order valence-electron chi connectivity index (χ0n) is 14.2. The number of nitrogens with zero attached hydrogens (tertiary/aromatic N) is 2. The molecule has 0 spiro atoms. The Hall–Kier alpha value is -2.53. The molecular formula is C17H10ClF5N2O3S. The monoisotopic (exact) mass is 452 g/mol. The minimum Gasteiger partial charge on any atom is -0.444 e. The highest BCUT2D eigenvalue weighted by molar-refractivity contribution is 7.14. The van der Waals surface area contributed by atoms with Crippen molar-refractivity contribution in [2.75, 3.05) is 0 Å². The van der Waals surface area contributed by atoms with Gasteiger partial charge in [-0.1, -0.05) is 11.6 Å². The van der Waals surface area contributed by atoms with E-state index in [2.05, 4.69) is 4.98 Å². The third-order valence-corrected chi connectivity index (χ3v) is 5.36. The second-order valence-electron chi connectivity index (χ2n) is 5.83. The number of hydrogen-bond donors (Lipinski definition) is 0. The largest absolute Gasteiger partial charge is 0.444 e. The molecule has 3 aromatic rings. The molecule has 0 saturated heterocycles. The molecule has 3 aromatic heterocycles. The predicted molar refractivity (Wildman–Crippen MR) is 94.6 cm³/mol. The van der Waals surface area contributed by atoms with E-state index in [4.69, 9.17) is 16.0 Å². The number of halogens is 6. The lowest BCUT2D eigenvalue weighted by Gasteiger charge is -2.10. The number of alkyl halides is 5. The number of thiophene rings is 1. The molecule has 0 radical (unpaired) electrons. The summed E-state index contributed by atoms with van der Waals surface area (Å²) in [5, 5.41) is -0.360. The lowest BCUT2D eigenvalue weighted by molar-refractivity contribution is -0.134. The normalized spacial score (nSPS) is 12.0. The molecule has 0 fully saturated rings. The van der Waals surface area contributed by atoms with E-state index in [1.54, 1.807) is 0 Å². The van der Waals surface area contributed by atoms with Gasteiger partial charge in [0.05, 0.1) is 22.6 Å². The van der Waals surface area contributed by atoms with Gasteiger partial charge in [0.25, 0.3) is 12.0 Å².